The van der Waals surface area contributed by atoms with Crippen molar-refractivity contribution in [2.45, 2.75) is 58.5 Å². The molecule has 19 heavy (non-hydrogen) atoms. The molecule has 0 amide bonds. The van der Waals surface area contributed by atoms with Crippen LogP contribution in [0.4, 0.5) is 0 Å². The third-order valence-corrected chi connectivity index (χ3v) is 6.03. The van der Waals surface area contributed by atoms with Crippen molar-refractivity contribution >= 4 is 9.84 Å². The second-order valence-electron chi connectivity index (χ2n) is 6.66. The summed E-state index contributed by atoms with van der Waals surface area (Å²) in [6.07, 6.45) is 4.39. The van der Waals surface area contributed by atoms with Crippen LogP contribution < -0.4 is 5.32 Å². The van der Waals surface area contributed by atoms with Crippen LogP contribution in [0.25, 0.3) is 0 Å². The smallest absolute Gasteiger partial charge is 0.150 e. The second-order valence-corrected chi connectivity index (χ2v) is 9.13. The Kier molecular flexibility index (Phi) is 5.83. The number of hydrogen-bond acceptors (Lipinski definition) is 4. The summed E-state index contributed by atoms with van der Waals surface area (Å²) in [5, 5.41) is 13.6. The van der Waals surface area contributed by atoms with Gasteiger partial charge in [-0.2, -0.15) is 0 Å². The Morgan fingerprint density at radius 3 is 2.26 bits per heavy atom. The molecule has 0 radical (unpaired) electrons. The molecule has 1 aliphatic carbocycles. The van der Waals surface area contributed by atoms with Gasteiger partial charge in [0.2, 0.25) is 0 Å². The molecule has 2 N–H and O–H groups in total. The highest BCUT2D eigenvalue weighted by molar-refractivity contribution is 7.91. The third kappa shape index (κ3) is 6.23. The van der Waals surface area contributed by atoms with Crippen LogP contribution in [0.5, 0.6) is 0 Å². The summed E-state index contributed by atoms with van der Waals surface area (Å²) in [6, 6.07) is 0. The SMILES string of the molecule is CCS(=O)(=O)CCCNCC1(O)CCC(C)(C)CC1. The van der Waals surface area contributed by atoms with E-state index in [1.54, 1.807) is 6.92 Å². The quantitative estimate of drug-likeness (QED) is 0.701. The van der Waals surface area contributed by atoms with Crippen molar-refractivity contribution in [3.05, 3.63) is 0 Å². The molecule has 4 nitrogen and oxygen atoms in total. The Bertz CT molecular complexity index is 366. The highest BCUT2D eigenvalue weighted by atomic mass is 32.2. The van der Waals surface area contributed by atoms with E-state index in [-0.39, 0.29) is 11.5 Å². The first-order valence-electron chi connectivity index (χ1n) is 7.32. The van der Waals surface area contributed by atoms with Gasteiger partial charge in [-0.25, -0.2) is 8.42 Å². The van der Waals surface area contributed by atoms with E-state index >= 15 is 0 Å². The monoisotopic (exact) mass is 291 g/mol. The van der Waals surface area contributed by atoms with Crippen LogP contribution in [-0.4, -0.2) is 43.7 Å². The summed E-state index contributed by atoms with van der Waals surface area (Å²) in [7, 11) is -2.86. The van der Waals surface area contributed by atoms with E-state index < -0.39 is 15.4 Å². The van der Waals surface area contributed by atoms with Crippen molar-refractivity contribution in [2.24, 2.45) is 5.41 Å². The molecule has 1 fully saturated rings. The molecule has 0 spiro atoms. The van der Waals surface area contributed by atoms with Crippen molar-refractivity contribution in [2.75, 3.05) is 24.6 Å². The summed E-state index contributed by atoms with van der Waals surface area (Å²) in [6.45, 7) is 7.40. The van der Waals surface area contributed by atoms with Crippen LogP contribution in [-0.2, 0) is 9.84 Å². The minimum atomic E-state index is -2.86. The predicted molar refractivity (Wildman–Crippen MR) is 79.0 cm³/mol. The highest BCUT2D eigenvalue weighted by Gasteiger charge is 2.36. The first-order chi connectivity index (χ1) is 8.68. The van der Waals surface area contributed by atoms with Crippen LogP contribution in [0, 0.1) is 5.41 Å². The lowest BCUT2D eigenvalue weighted by molar-refractivity contribution is -0.0241. The zero-order valence-electron chi connectivity index (χ0n) is 12.5. The fourth-order valence-electron chi connectivity index (χ4n) is 2.45. The number of nitrogens with one attached hydrogen (secondary N) is 1. The van der Waals surface area contributed by atoms with Gasteiger partial charge in [0.15, 0.2) is 0 Å². The number of hydrogen-bond donors (Lipinski definition) is 2. The van der Waals surface area contributed by atoms with E-state index in [0.717, 1.165) is 25.7 Å². The van der Waals surface area contributed by atoms with Crippen molar-refractivity contribution in [1.82, 2.24) is 5.32 Å². The summed E-state index contributed by atoms with van der Waals surface area (Å²) in [4.78, 5) is 0. The molecule has 0 aromatic heterocycles. The van der Waals surface area contributed by atoms with Crippen LogP contribution in [0.1, 0.15) is 52.9 Å². The van der Waals surface area contributed by atoms with E-state index in [4.69, 9.17) is 0 Å². The lowest BCUT2D eigenvalue weighted by Crippen LogP contribution is -2.45. The Morgan fingerprint density at radius 2 is 1.74 bits per heavy atom. The van der Waals surface area contributed by atoms with Gasteiger partial charge in [0.25, 0.3) is 0 Å². The van der Waals surface area contributed by atoms with Crippen LogP contribution in [0.2, 0.25) is 0 Å². The maximum atomic E-state index is 11.3. The number of aliphatic hydroxyl groups is 1. The number of sulfone groups is 1. The lowest BCUT2D eigenvalue weighted by Gasteiger charge is -2.40. The largest absolute Gasteiger partial charge is 0.389 e. The van der Waals surface area contributed by atoms with Gasteiger partial charge in [0.1, 0.15) is 9.84 Å². The molecular formula is C14H29NO3S. The Labute approximate surface area is 117 Å². The fourth-order valence-corrected chi connectivity index (χ4v) is 3.32. The molecule has 0 atom stereocenters. The average Bonchev–Trinajstić information content (AvgIpc) is 2.33. The molecule has 0 unspecified atom stereocenters. The van der Waals surface area contributed by atoms with E-state index in [9.17, 15) is 13.5 Å². The van der Waals surface area contributed by atoms with Gasteiger partial charge < -0.3 is 10.4 Å². The molecule has 114 valence electrons. The predicted octanol–water partition coefficient (Wildman–Crippen LogP) is 1.73. The summed E-state index contributed by atoms with van der Waals surface area (Å²) >= 11 is 0. The van der Waals surface area contributed by atoms with Gasteiger partial charge in [0.05, 0.1) is 11.4 Å². The third-order valence-electron chi connectivity index (χ3n) is 4.24. The molecule has 1 aliphatic rings. The Balaban J connectivity index is 2.19. The van der Waals surface area contributed by atoms with Crippen LogP contribution >= 0.6 is 0 Å². The van der Waals surface area contributed by atoms with Gasteiger partial charge in [-0.3, -0.25) is 0 Å². The molecule has 0 saturated heterocycles. The van der Waals surface area contributed by atoms with Gasteiger partial charge in [0, 0.05) is 12.3 Å². The zero-order valence-corrected chi connectivity index (χ0v) is 13.4. The molecule has 0 bridgehead atoms. The molecular weight excluding hydrogens is 262 g/mol. The topological polar surface area (TPSA) is 66.4 Å². The zero-order chi connectivity index (χ0) is 14.6. The van der Waals surface area contributed by atoms with Crippen molar-refractivity contribution in [3.8, 4) is 0 Å². The van der Waals surface area contributed by atoms with Gasteiger partial charge in [-0.1, -0.05) is 20.8 Å². The fraction of sp³-hybridized carbons (Fsp3) is 1.00. The van der Waals surface area contributed by atoms with E-state index in [2.05, 4.69) is 19.2 Å². The normalized spacial score (nSPS) is 22.3. The molecule has 1 rings (SSSR count). The van der Waals surface area contributed by atoms with Gasteiger partial charge in [-0.15, -0.1) is 0 Å². The Hall–Kier alpha value is -0.130. The molecule has 0 aliphatic heterocycles. The van der Waals surface area contributed by atoms with E-state index in [1.807, 2.05) is 0 Å². The van der Waals surface area contributed by atoms with E-state index in [1.165, 1.54) is 0 Å². The van der Waals surface area contributed by atoms with Crippen LogP contribution in [0.15, 0.2) is 0 Å². The minimum Gasteiger partial charge on any atom is -0.389 e. The second kappa shape index (κ2) is 6.55. The summed E-state index contributed by atoms with van der Waals surface area (Å²) in [5.74, 6) is 0.452. The average molecular weight is 291 g/mol. The maximum Gasteiger partial charge on any atom is 0.150 e. The van der Waals surface area contributed by atoms with Crippen molar-refractivity contribution in [3.63, 3.8) is 0 Å². The molecule has 0 aromatic rings. The summed E-state index contributed by atoms with van der Waals surface area (Å²) in [5.41, 5.74) is -0.249. The first-order valence-corrected chi connectivity index (χ1v) is 9.14. The molecule has 0 aromatic carbocycles. The molecule has 1 saturated carbocycles. The van der Waals surface area contributed by atoms with E-state index in [0.29, 0.717) is 24.9 Å². The molecule has 0 heterocycles. The summed E-state index contributed by atoms with van der Waals surface area (Å²) < 4.78 is 22.6. The minimum absolute atomic E-state index is 0.214. The van der Waals surface area contributed by atoms with Crippen molar-refractivity contribution < 1.29 is 13.5 Å². The standard InChI is InChI=1S/C14H29NO3S/c1-4-19(17,18)11-5-10-15-12-14(16)8-6-13(2,3)7-9-14/h15-16H,4-12H2,1-3H3. The number of rotatable bonds is 7. The van der Waals surface area contributed by atoms with Crippen molar-refractivity contribution in [1.29, 1.82) is 0 Å². The van der Waals surface area contributed by atoms with Gasteiger partial charge >= 0.3 is 0 Å². The highest BCUT2D eigenvalue weighted by Crippen LogP contribution is 2.39. The molecule has 5 heteroatoms. The lowest BCUT2D eigenvalue weighted by atomic mass is 9.71. The first kappa shape index (κ1) is 16.9. The maximum absolute atomic E-state index is 11.3. The van der Waals surface area contributed by atoms with Gasteiger partial charge in [-0.05, 0) is 44.1 Å². The van der Waals surface area contributed by atoms with Crippen LogP contribution in [0.3, 0.4) is 0 Å². The Morgan fingerprint density at radius 1 is 1.16 bits per heavy atom.